The van der Waals surface area contributed by atoms with Crippen LogP contribution >= 0.6 is 0 Å². The van der Waals surface area contributed by atoms with Gasteiger partial charge in [-0.25, -0.2) is 8.78 Å². The van der Waals surface area contributed by atoms with Gasteiger partial charge in [0.2, 0.25) is 18.2 Å². The van der Waals surface area contributed by atoms with Gasteiger partial charge in [-0.2, -0.15) is 15.1 Å². The summed E-state index contributed by atoms with van der Waals surface area (Å²) in [5.74, 6) is 1.27. The highest BCUT2D eigenvalue weighted by Crippen LogP contribution is 2.52. The average molecular weight is 1050 g/mol. The van der Waals surface area contributed by atoms with Crippen LogP contribution in [0.3, 0.4) is 0 Å². The third-order valence-corrected chi connectivity index (χ3v) is 18.1. The average Bonchev–Trinajstić information content (AvgIpc) is 3.96. The van der Waals surface area contributed by atoms with E-state index in [9.17, 15) is 19.5 Å². The number of anilines is 1. The lowest BCUT2D eigenvalue weighted by Gasteiger charge is -2.56. The topological polar surface area (TPSA) is 174 Å². The summed E-state index contributed by atoms with van der Waals surface area (Å²) in [5, 5.41) is 23.6. The first-order valence-corrected chi connectivity index (χ1v) is 27.8. The number of imide groups is 1. The van der Waals surface area contributed by atoms with Gasteiger partial charge in [-0.3, -0.25) is 34.3 Å². The number of aromatic nitrogens is 5. The maximum absolute atomic E-state index is 17.1. The van der Waals surface area contributed by atoms with Crippen LogP contribution in [-0.2, 0) is 21.4 Å². The first kappa shape index (κ1) is 51.0. The van der Waals surface area contributed by atoms with Gasteiger partial charge < -0.3 is 29.9 Å². The molecule has 3 atom stereocenters. The first-order valence-electron chi connectivity index (χ1n) is 27.8. The van der Waals surface area contributed by atoms with Crippen molar-refractivity contribution in [2.45, 2.75) is 120 Å². The predicted octanol–water partition coefficient (Wildman–Crippen LogP) is 7.29. The molecule has 1 saturated carbocycles. The first-order chi connectivity index (χ1) is 37.4. The van der Waals surface area contributed by atoms with Crippen molar-refractivity contribution in [3.05, 3.63) is 77.1 Å². The Hall–Kier alpha value is -6.81. The number of aromatic hydroxyl groups is 1. The number of pyridine rings is 1. The monoisotopic (exact) mass is 1050 g/mol. The third kappa shape index (κ3) is 9.73. The van der Waals surface area contributed by atoms with E-state index in [2.05, 4.69) is 64.3 Å². The standard InChI is InChI=1S/C59H67F2N11O5/c1-4-6-45(57(76)63-34-73)53-44-11-7-36(26-49(44)68(3)67-53)35-13-21-70(22-14-35)40-28-59(29-40)17-23-71(24-18-59)50(75)33-69-19-15-42(16-20-69)77-58-65-55-47(56(66-58)72-31-38-9-10-39(32-72)64-38)30-62-54(52(55)61)46-27-41(74)25-37-8-12-48(60)43(5-2)51(37)46/h2,7-8,11-12,25-27,30,34-35,38-40,42,45,64,74H,4,6,9-10,13-24,28-29,31-33H2,1,3H3,(H,63,73,76). The minimum Gasteiger partial charge on any atom is -0.508 e. The lowest BCUT2D eigenvalue weighted by atomic mass is 9.59. The molecule has 18 heteroatoms. The number of nitrogens with one attached hydrogen (secondary N) is 2. The van der Waals surface area contributed by atoms with Crippen LogP contribution in [0.2, 0.25) is 0 Å². The maximum Gasteiger partial charge on any atom is 0.319 e. The summed E-state index contributed by atoms with van der Waals surface area (Å²) in [6.45, 7) is 8.81. The number of phenolic OH excluding ortho intramolecular Hbond substituents is 1. The molecule has 3 aromatic heterocycles. The van der Waals surface area contributed by atoms with Crippen molar-refractivity contribution < 1.29 is 33.0 Å². The summed E-state index contributed by atoms with van der Waals surface area (Å²) in [6.07, 6.45) is 19.0. The van der Waals surface area contributed by atoms with Crippen LogP contribution in [0.4, 0.5) is 14.6 Å². The maximum atomic E-state index is 17.1. The number of terminal acetylenes is 1. The van der Waals surface area contributed by atoms with E-state index in [1.54, 1.807) is 6.20 Å². The zero-order chi connectivity index (χ0) is 53.1. The lowest BCUT2D eigenvalue weighted by Crippen LogP contribution is -2.57. The highest BCUT2D eigenvalue weighted by Gasteiger charge is 2.49. The van der Waals surface area contributed by atoms with Crippen molar-refractivity contribution in [2.24, 2.45) is 12.5 Å². The van der Waals surface area contributed by atoms with Crippen molar-refractivity contribution in [3.8, 4) is 35.4 Å². The number of carbonyl (C=O) groups excluding carboxylic acids is 3. The number of ether oxygens (including phenoxy) is 1. The number of rotatable bonds is 13. The molecule has 2 bridgehead atoms. The van der Waals surface area contributed by atoms with Gasteiger partial charge in [0, 0.05) is 87.0 Å². The number of piperazine rings is 1. The number of likely N-dealkylation sites (tertiary alicyclic amines) is 3. The van der Waals surface area contributed by atoms with Gasteiger partial charge in [0.05, 0.1) is 34.6 Å². The van der Waals surface area contributed by atoms with E-state index in [1.807, 2.05) is 18.7 Å². The summed E-state index contributed by atoms with van der Waals surface area (Å²) < 4.78 is 40.6. The van der Waals surface area contributed by atoms with E-state index in [4.69, 9.17) is 21.2 Å². The smallest absolute Gasteiger partial charge is 0.319 e. The molecule has 1 aliphatic carbocycles. The second-order valence-electron chi connectivity index (χ2n) is 22.8. The number of phenols is 1. The van der Waals surface area contributed by atoms with Crippen molar-refractivity contribution >= 4 is 56.6 Å². The molecule has 3 amide bonds. The van der Waals surface area contributed by atoms with E-state index >= 15 is 8.78 Å². The third-order valence-electron chi connectivity index (χ3n) is 18.1. The number of piperidine rings is 3. The molecule has 8 heterocycles. The van der Waals surface area contributed by atoms with Gasteiger partial charge >= 0.3 is 6.01 Å². The van der Waals surface area contributed by atoms with Gasteiger partial charge in [0.1, 0.15) is 34.7 Å². The van der Waals surface area contributed by atoms with E-state index in [1.165, 1.54) is 42.7 Å². The summed E-state index contributed by atoms with van der Waals surface area (Å²) in [7, 11) is 1.93. The van der Waals surface area contributed by atoms with Crippen LogP contribution in [0.25, 0.3) is 43.8 Å². The van der Waals surface area contributed by atoms with E-state index in [-0.39, 0.29) is 69.5 Å². The van der Waals surface area contributed by atoms with Gasteiger partial charge in [0.25, 0.3) is 0 Å². The fraction of sp³-hybridized carbons (Fsp3) is 0.508. The molecule has 3 aromatic carbocycles. The number of amides is 3. The lowest BCUT2D eigenvalue weighted by molar-refractivity contribution is -0.137. The second kappa shape index (κ2) is 20.9. The largest absolute Gasteiger partial charge is 0.508 e. The molecular formula is C59H67F2N11O5. The Morgan fingerprint density at radius 2 is 1.71 bits per heavy atom. The van der Waals surface area contributed by atoms with Crippen molar-refractivity contribution in [2.75, 3.05) is 63.8 Å². The molecule has 6 aliphatic rings. The van der Waals surface area contributed by atoms with Crippen LogP contribution in [0.1, 0.15) is 113 Å². The van der Waals surface area contributed by atoms with Gasteiger partial charge in [0.15, 0.2) is 5.82 Å². The molecule has 5 saturated heterocycles. The number of halogens is 2. The van der Waals surface area contributed by atoms with Crippen molar-refractivity contribution in [1.29, 1.82) is 0 Å². The summed E-state index contributed by atoms with van der Waals surface area (Å²) in [5.41, 5.74) is 3.35. The minimum absolute atomic E-state index is 0.0105. The zero-order valence-corrected chi connectivity index (χ0v) is 43.9. The van der Waals surface area contributed by atoms with Crippen molar-refractivity contribution in [1.82, 2.24) is 50.1 Å². The Morgan fingerprint density at radius 3 is 2.43 bits per heavy atom. The Balaban J connectivity index is 0.645. The fourth-order valence-corrected chi connectivity index (χ4v) is 13.9. The van der Waals surface area contributed by atoms with E-state index in [0.29, 0.717) is 92.4 Å². The Kier molecular flexibility index (Phi) is 13.8. The molecule has 6 aromatic rings. The summed E-state index contributed by atoms with van der Waals surface area (Å²) in [6, 6.07) is 13.3. The molecule has 6 fully saturated rings. The molecule has 16 nitrogen and oxygen atoms in total. The highest BCUT2D eigenvalue weighted by molar-refractivity contribution is 6.03. The molecule has 0 radical (unpaired) electrons. The molecule has 3 unspecified atom stereocenters. The van der Waals surface area contributed by atoms with E-state index < -0.39 is 17.6 Å². The van der Waals surface area contributed by atoms with Crippen LogP contribution < -0.4 is 20.3 Å². The number of hydrogen-bond acceptors (Lipinski definition) is 13. The molecule has 1 spiro atoms. The number of carbonyl (C=O) groups is 3. The summed E-state index contributed by atoms with van der Waals surface area (Å²) in [4.78, 5) is 60.9. The van der Waals surface area contributed by atoms with Crippen LogP contribution in [0, 0.1) is 29.4 Å². The fourth-order valence-electron chi connectivity index (χ4n) is 13.9. The Morgan fingerprint density at radius 1 is 0.961 bits per heavy atom. The number of nitrogens with zero attached hydrogens (tertiary/aromatic N) is 9. The number of fused-ring (bicyclic) bond motifs is 5. The van der Waals surface area contributed by atoms with Gasteiger partial charge in [-0.15, -0.1) is 6.42 Å². The summed E-state index contributed by atoms with van der Waals surface area (Å²) >= 11 is 0. The highest BCUT2D eigenvalue weighted by atomic mass is 19.1. The number of aryl methyl sites for hydroxylation is 1. The molecule has 402 valence electrons. The quantitative estimate of drug-likeness (QED) is 0.0779. The normalized spacial score (nSPS) is 21.9. The Bertz CT molecular complexity index is 3300. The van der Waals surface area contributed by atoms with Crippen LogP contribution in [-0.4, -0.2) is 146 Å². The number of benzene rings is 3. The molecule has 5 aliphatic heterocycles. The zero-order valence-electron chi connectivity index (χ0n) is 43.9. The van der Waals surface area contributed by atoms with Crippen LogP contribution in [0.5, 0.6) is 11.8 Å². The van der Waals surface area contributed by atoms with Crippen molar-refractivity contribution in [3.63, 3.8) is 0 Å². The van der Waals surface area contributed by atoms with E-state index in [0.717, 1.165) is 87.7 Å². The van der Waals surface area contributed by atoms with Gasteiger partial charge in [-0.1, -0.05) is 37.5 Å². The molecule has 3 N–H and O–H groups in total. The molecule has 12 rings (SSSR count). The second-order valence-corrected chi connectivity index (χ2v) is 22.8. The SMILES string of the molecule is C#Cc1c(F)ccc2cc(O)cc(-c3ncc4c(N5CC6CCC(C5)N6)nc(OC5CCN(CC(=O)N6CCC7(CC6)CC(N6CCC(c8ccc9c(C(CCC)C(=O)NC=O)nn(C)c9c8)CC6)C7)CC5)nc4c3F)c12. The van der Waals surface area contributed by atoms with Crippen LogP contribution in [0.15, 0.2) is 48.7 Å². The molecule has 77 heavy (non-hydrogen) atoms. The Labute approximate surface area is 446 Å². The predicted molar refractivity (Wildman–Crippen MR) is 289 cm³/mol. The molecular weight excluding hydrogens is 981 g/mol. The number of hydrogen-bond donors (Lipinski definition) is 3. The van der Waals surface area contributed by atoms with Gasteiger partial charge in [-0.05, 0) is 130 Å². The minimum atomic E-state index is -0.754.